The van der Waals surface area contributed by atoms with Crippen molar-refractivity contribution in [1.82, 2.24) is 19.5 Å². The van der Waals surface area contributed by atoms with E-state index in [1.54, 1.807) is 0 Å². The molecular weight excluding hydrogens is 296 g/mol. The fraction of sp³-hybridized carbons (Fsp3) is 0.312. The van der Waals surface area contributed by atoms with Crippen LogP contribution in [-0.2, 0) is 0 Å². The highest BCUT2D eigenvalue weighted by Gasteiger charge is 2.34. The van der Waals surface area contributed by atoms with Crippen molar-refractivity contribution >= 4 is 22.9 Å². The molecule has 1 fully saturated rings. The summed E-state index contributed by atoms with van der Waals surface area (Å²) in [5.41, 5.74) is 1.87. The first-order chi connectivity index (χ1) is 10.8. The number of thiophene rings is 1. The van der Waals surface area contributed by atoms with Crippen molar-refractivity contribution in [2.24, 2.45) is 0 Å². The maximum Gasteiger partial charge on any atom is 0.264 e. The molecule has 0 saturated carbocycles. The van der Waals surface area contributed by atoms with Gasteiger partial charge in [0.15, 0.2) is 11.5 Å². The highest BCUT2D eigenvalue weighted by atomic mass is 32.1. The fourth-order valence-electron chi connectivity index (χ4n) is 3.09. The third-order valence-corrected chi connectivity index (χ3v) is 5.21. The number of hydrogen-bond donors (Lipinski definition) is 0. The SMILES string of the molecule is Cc1ccsc1C(=O)N1CCC[C@@H]1c1nnc2ccccn12. The van der Waals surface area contributed by atoms with Crippen molar-refractivity contribution in [3.8, 4) is 0 Å². The number of nitrogens with zero attached hydrogens (tertiary/aromatic N) is 4. The summed E-state index contributed by atoms with van der Waals surface area (Å²) in [7, 11) is 0. The van der Waals surface area contributed by atoms with Crippen LogP contribution in [0.3, 0.4) is 0 Å². The number of fused-ring (bicyclic) bond motifs is 1. The van der Waals surface area contributed by atoms with E-state index >= 15 is 0 Å². The second-order valence-electron chi connectivity index (χ2n) is 5.58. The van der Waals surface area contributed by atoms with Gasteiger partial charge in [0.2, 0.25) is 0 Å². The number of likely N-dealkylation sites (tertiary alicyclic amines) is 1. The predicted octanol–water partition coefficient (Wildman–Crippen LogP) is 3.08. The molecule has 1 atom stereocenters. The van der Waals surface area contributed by atoms with Gasteiger partial charge in [-0.15, -0.1) is 21.5 Å². The van der Waals surface area contributed by atoms with Crippen molar-refractivity contribution in [2.45, 2.75) is 25.8 Å². The molecule has 4 rings (SSSR count). The van der Waals surface area contributed by atoms with Gasteiger partial charge >= 0.3 is 0 Å². The molecule has 6 heteroatoms. The molecule has 3 aromatic heterocycles. The van der Waals surface area contributed by atoms with Crippen LogP contribution in [0, 0.1) is 6.92 Å². The second kappa shape index (κ2) is 5.21. The monoisotopic (exact) mass is 312 g/mol. The number of aromatic nitrogens is 3. The lowest BCUT2D eigenvalue weighted by atomic mass is 10.2. The van der Waals surface area contributed by atoms with Crippen LogP contribution < -0.4 is 0 Å². The van der Waals surface area contributed by atoms with E-state index in [1.807, 2.05) is 52.1 Å². The highest BCUT2D eigenvalue weighted by molar-refractivity contribution is 7.12. The summed E-state index contributed by atoms with van der Waals surface area (Å²) in [4.78, 5) is 15.6. The number of hydrogen-bond acceptors (Lipinski definition) is 4. The second-order valence-corrected chi connectivity index (χ2v) is 6.49. The summed E-state index contributed by atoms with van der Waals surface area (Å²) in [6.45, 7) is 2.77. The summed E-state index contributed by atoms with van der Waals surface area (Å²) >= 11 is 1.51. The minimum atomic E-state index is 0.00593. The Morgan fingerprint density at radius 2 is 2.23 bits per heavy atom. The maximum atomic E-state index is 12.8. The van der Waals surface area contributed by atoms with E-state index in [0.717, 1.165) is 41.3 Å². The van der Waals surface area contributed by atoms with Gasteiger partial charge < -0.3 is 4.90 Å². The molecule has 5 nitrogen and oxygen atoms in total. The van der Waals surface area contributed by atoms with E-state index in [0.29, 0.717) is 0 Å². The summed E-state index contributed by atoms with van der Waals surface area (Å²) in [6.07, 6.45) is 3.90. The predicted molar refractivity (Wildman–Crippen MR) is 85.1 cm³/mol. The van der Waals surface area contributed by atoms with Gasteiger partial charge in [0.1, 0.15) is 0 Å². The average Bonchev–Trinajstić information content (AvgIpc) is 3.24. The number of carbonyl (C=O) groups excluding carboxylic acids is 1. The van der Waals surface area contributed by atoms with Gasteiger partial charge in [-0.2, -0.15) is 0 Å². The van der Waals surface area contributed by atoms with Crippen molar-refractivity contribution in [1.29, 1.82) is 0 Å². The van der Waals surface area contributed by atoms with E-state index in [9.17, 15) is 4.79 Å². The third kappa shape index (κ3) is 2.02. The number of carbonyl (C=O) groups is 1. The molecule has 1 saturated heterocycles. The van der Waals surface area contributed by atoms with Gasteiger partial charge in [0.25, 0.3) is 5.91 Å². The van der Waals surface area contributed by atoms with E-state index in [-0.39, 0.29) is 11.9 Å². The first kappa shape index (κ1) is 13.5. The molecule has 0 unspecified atom stereocenters. The minimum absolute atomic E-state index is 0.00593. The van der Waals surface area contributed by atoms with Crippen LogP contribution in [0.1, 0.15) is 39.9 Å². The Balaban J connectivity index is 1.72. The molecule has 0 radical (unpaired) electrons. The Morgan fingerprint density at radius 1 is 1.32 bits per heavy atom. The summed E-state index contributed by atoms with van der Waals surface area (Å²) in [6, 6.07) is 7.84. The zero-order valence-corrected chi connectivity index (χ0v) is 13.1. The molecule has 0 spiro atoms. The molecule has 1 aliphatic heterocycles. The Bertz CT molecular complexity index is 837. The Labute approximate surface area is 132 Å². The third-order valence-electron chi connectivity index (χ3n) is 4.21. The van der Waals surface area contributed by atoms with E-state index in [2.05, 4.69) is 10.2 Å². The molecule has 0 aromatic carbocycles. The van der Waals surface area contributed by atoms with Crippen molar-refractivity contribution in [3.63, 3.8) is 0 Å². The lowest BCUT2D eigenvalue weighted by molar-refractivity contribution is 0.0733. The lowest BCUT2D eigenvalue weighted by Gasteiger charge is -2.23. The van der Waals surface area contributed by atoms with Gasteiger partial charge in [-0.3, -0.25) is 9.20 Å². The Morgan fingerprint density at radius 3 is 3.05 bits per heavy atom. The van der Waals surface area contributed by atoms with Crippen LogP contribution in [0.2, 0.25) is 0 Å². The molecule has 0 aliphatic carbocycles. The van der Waals surface area contributed by atoms with Crippen molar-refractivity contribution in [2.75, 3.05) is 6.54 Å². The maximum absolute atomic E-state index is 12.8. The van der Waals surface area contributed by atoms with Gasteiger partial charge in [-0.1, -0.05) is 6.07 Å². The zero-order chi connectivity index (χ0) is 15.1. The van der Waals surface area contributed by atoms with E-state index in [4.69, 9.17) is 0 Å². The van der Waals surface area contributed by atoms with E-state index < -0.39 is 0 Å². The molecule has 112 valence electrons. The fourth-order valence-corrected chi connectivity index (χ4v) is 3.97. The van der Waals surface area contributed by atoms with Crippen LogP contribution in [0.15, 0.2) is 35.8 Å². The molecule has 3 aromatic rings. The number of amides is 1. The molecule has 1 aliphatic rings. The van der Waals surface area contributed by atoms with E-state index in [1.165, 1.54) is 11.3 Å². The molecule has 0 N–H and O–H groups in total. The van der Waals surface area contributed by atoms with Crippen molar-refractivity contribution < 1.29 is 4.79 Å². The summed E-state index contributed by atoms with van der Waals surface area (Å²) < 4.78 is 1.98. The van der Waals surface area contributed by atoms with Crippen molar-refractivity contribution in [3.05, 3.63) is 52.1 Å². The number of aryl methyl sites for hydroxylation is 1. The van der Waals surface area contributed by atoms with Crippen LogP contribution in [0.5, 0.6) is 0 Å². The largest absolute Gasteiger partial charge is 0.328 e. The topological polar surface area (TPSA) is 50.5 Å². The summed E-state index contributed by atoms with van der Waals surface area (Å²) in [5, 5.41) is 10.5. The molecule has 1 amide bonds. The van der Waals surface area contributed by atoms with Gasteiger partial charge in [0.05, 0.1) is 10.9 Å². The zero-order valence-electron chi connectivity index (χ0n) is 12.3. The minimum Gasteiger partial charge on any atom is -0.328 e. The van der Waals surface area contributed by atoms with Gasteiger partial charge in [-0.25, -0.2) is 0 Å². The van der Waals surface area contributed by atoms with Gasteiger partial charge in [0, 0.05) is 12.7 Å². The van der Waals surface area contributed by atoms with Crippen LogP contribution >= 0.6 is 11.3 Å². The molecule has 4 heterocycles. The molecule has 0 bridgehead atoms. The number of pyridine rings is 1. The molecular formula is C16H16N4OS. The molecule has 22 heavy (non-hydrogen) atoms. The lowest BCUT2D eigenvalue weighted by Crippen LogP contribution is -2.31. The highest BCUT2D eigenvalue weighted by Crippen LogP contribution is 2.33. The van der Waals surface area contributed by atoms with Crippen LogP contribution in [0.4, 0.5) is 0 Å². The normalized spacial score (nSPS) is 18.2. The first-order valence-corrected chi connectivity index (χ1v) is 8.28. The standard InChI is InChI=1S/C16H16N4OS/c1-11-7-10-22-14(11)16(21)19-9-4-5-12(19)15-18-17-13-6-2-3-8-20(13)15/h2-3,6-8,10,12H,4-5,9H2,1H3/t12-/m1/s1. The summed E-state index contributed by atoms with van der Waals surface area (Å²) in [5.74, 6) is 0.971. The number of rotatable bonds is 2. The quantitative estimate of drug-likeness (QED) is 0.730. The van der Waals surface area contributed by atoms with Crippen LogP contribution in [0.25, 0.3) is 5.65 Å². The van der Waals surface area contributed by atoms with Crippen LogP contribution in [-0.4, -0.2) is 31.9 Å². The Kier molecular flexibility index (Phi) is 3.18. The average molecular weight is 312 g/mol. The Hall–Kier alpha value is -2.21. The van der Waals surface area contributed by atoms with Gasteiger partial charge in [-0.05, 0) is 48.9 Å². The first-order valence-electron chi connectivity index (χ1n) is 7.40. The smallest absolute Gasteiger partial charge is 0.264 e.